The van der Waals surface area contributed by atoms with E-state index >= 15 is 0 Å². The molecule has 8 heteroatoms. The Labute approximate surface area is 159 Å². The SMILES string of the molecule is COC(=O)c1ccc(N2C[C@@H]3CN(C(O)OC(C)(C)C)CCN3C2=O)cc1. The van der Waals surface area contributed by atoms with Crippen LogP contribution in [0.1, 0.15) is 31.1 Å². The molecular weight excluding hydrogens is 350 g/mol. The normalized spacial score (nSPS) is 22.0. The molecule has 0 radical (unpaired) electrons. The number of amides is 2. The van der Waals surface area contributed by atoms with Crippen LogP contribution in [0, 0.1) is 0 Å². The molecule has 2 atom stereocenters. The molecule has 1 N–H and O–H groups in total. The molecule has 8 nitrogen and oxygen atoms in total. The summed E-state index contributed by atoms with van der Waals surface area (Å²) in [7, 11) is 1.34. The molecule has 0 saturated carbocycles. The van der Waals surface area contributed by atoms with Crippen molar-refractivity contribution in [3.63, 3.8) is 0 Å². The molecule has 2 aliphatic rings. The summed E-state index contributed by atoms with van der Waals surface area (Å²) in [5.41, 5.74) is 0.731. The first-order chi connectivity index (χ1) is 12.7. The van der Waals surface area contributed by atoms with E-state index in [-0.39, 0.29) is 12.1 Å². The smallest absolute Gasteiger partial charge is 0.337 e. The maximum absolute atomic E-state index is 12.8. The Morgan fingerprint density at radius 3 is 2.44 bits per heavy atom. The first kappa shape index (κ1) is 19.6. The standard InChI is InChI=1S/C19H27N3O5/c1-19(2,3)27-18(25)20-9-10-21-15(11-20)12-22(17(21)24)14-7-5-13(6-8-14)16(23)26-4/h5-8,15,18,25H,9-12H2,1-4H3/t15-,18?/m0/s1. The molecule has 2 heterocycles. The minimum Gasteiger partial charge on any atom is -0.465 e. The molecule has 2 aliphatic heterocycles. The maximum atomic E-state index is 12.8. The number of aliphatic hydroxyl groups is 1. The van der Waals surface area contributed by atoms with Gasteiger partial charge in [0, 0.05) is 31.9 Å². The molecule has 2 amide bonds. The number of methoxy groups -OCH3 is 1. The van der Waals surface area contributed by atoms with E-state index in [2.05, 4.69) is 0 Å². The van der Waals surface area contributed by atoms with E-state index in [1.54, 1.807) is 29.2 Å². The van der Waals surface area contributed by atoms with Gasteiger partial charge in [0.2, 0.25) is 6.41 Å². The average molecular weight is 377 g/mol. The van der Waals surface area contributed by atoms with Gasteiger partial charge >= 0.3 is 12.0 Å². The predicted octanol–water partition coefficient (Wildman–Crippen LogP) is 1.49. The molecular formula is C19H27N3O5. The second-order valence-corrected chi connectivity index (χ2v) is 7.83. The molecule has 3 rings (SSSR count). The van der Waals surface area contributed by atoms with Crippen molar-refractivity contribution in [2.75, 3.05) is 38.2 Å². The Morgan fingerprint density at radius 1 is 1.19 bits per heavy atom. The fraction of sp³-hybridized carbons (Fsp3) is 0.579. The quantitative estimate of drug-likeness (QED) is 0.632. The summed E-state index contributed by atoms with van der Waals surface area (Å²) in [5.74, 6) is -0.407. The Morgan fingerprint density at radius 2 is 1.85 bits per heavy atom. The van der Waals surface area contributed by atoms with E-state index in [4.69, 9.17) is 9.47 Å². The molecule has 27 heavy (non-hydrogen) atoms. The van der Waals surface area contributed by atoms with Gasteiger partial charge in [-0.05, 0) is 45.0 Å². The first-order valence-electron chi connectivity index (χ1n) is 9.06. The van der Waals surface area contributed by atoms with Gasteiger partial charge in [-0.2, -0.15) is 0 Å². The van der Waals surface area contributed by atoms with Crippen LogP contribution in [0.5, 0.6) is 0 Å². The number of carbonyl (C=O) groups is 2. The number of rotatable bonds is 4. The van der Waals surface area contributed by atoms with E-state index in [1.165, 1.54) is 7.11 Å². The molecule has 0 spiro atoms. The van der Waals surface area contributed by atoms with Gasteiger partial charge in [0.25, 0.3) is 0 Å². The lowest BCUT2D eigenvalue weighted by Gasteiger charge is -2.40. The number of carbonyl (C=O) groups excluding carboxylic acids is 2. The average Bonchev–Trinajstić information content (AvgIpc) is 2.96. The van der Waals surface area contributed by atoms with Gasteiger partial charge in [-0.3, -0.25) is 9.80 Å². The molecule has 0 aliphatic carbocycles. The minimum atomic E-state index is -0.990. The van der Waals surface area contributed by atoms with E-state index < -0.39 is 18.0 Å². The minimum absolute atomic E-state index is 0.0234. The van der Waals surface area contributed by atoms with Crippen LogP contribution in [-0.4, -0.2) is 78.3 Å². The molecule has 148 valence electrons. The van der Waals surface area contributed by atoms with Crippen molar-refractivity contribution in [1.29, 1.82) is 0 Å². The second kappa shape index (κ2) is 7.46. The zero-order chi connectivity index (χ0) is 19.8. The van der Waals surface area contributed by atoms with Gasteiger partial charge in [0.05, 0.1) is 24.3 Å². The van der Waals surface area contributed by atoms with Gasteiger partial charge in [0.15, 0.2) is 0 Å². The number of anilines is 1. The number of hydrogen-bond acceptors (Lipinski definition) is 6. The second-order valence-electron chi connectivity index (χ2n) is 7.83. The van der Waals surface area contributed by atoms with Gasteiger partial charge < -0.3 is 19.5 Å². The van der Waals surface area contributed by atoms with Crippen molar-refractivity contribution < 1.29 is 24.2 Å². The number of piperazine rings is 1. The van der Waals surface area contributed by atoms with Gasteiger partial charge in [-0.25, -0.2) is 9.59 Å². The lowest BCUT2D eigenvalue weighted by Crippen LogP contribution is -2.56. The van der Waals surface area contributed by atoms with E-state index in [0.717, 1.165) is 5.69 Å². The Bertz CT molecular complexity index is 700. The zero-order valence-electron chi connectivity index (χ0n) is 16.2. The van der Waals surface area contributed by atoms with Crippen LogP contribution >= 0.6 is 0 Å². The number of ether oxygens (including phenoxy) is 2. The Kier molecular flexibility index (Phi) is 5.41. The molecule has 1 aromatic carbocycles. The Hall–Kier alpha value is -2.16. The number of urea groups is 1. The van der Waals surface area contributed by atoms with Crippen molar-refractivity contribution in [1.82, 2.24) is 9.80 Å². The van der Waals surface area contributed by atoms with Crippen LogP contribution in [0.3, 0.4) is 0 Å². The van der Waals surface area contributed by atoms with Crippen LogP contribution in [0.15, 0.2) is 24.3 Å². The van der Waals surface area contributed by atoms with E-state index in [9.17, 15) is 14.7 Å². The van der Waals surface area contributed by atoms with Crippen LogP contribution < -0.4 is 4.90 Å². The maximum Gasteiger partial charge on any atom is 0.337 e. The Balaban J connectivity index is 1.67. The fourth-order valence-electron chi connectivity index (χ4n) is 3.43. The number of hydrogen-bond donors (Lipinski definition) is 1. The molecule has 1 unspecified atom stereocenters. The fourth-order valence-corrected chi connectivity index (χ4v) is 3.43. The number of fused-ring (bicyclic) bond motifs is 1. The van der Waals surface area contributed by atoms with E-state index in [1.807, 2.05) is 30.6 Å². The van der Waals surface area contributed by atoms with Crippen LogP contribution in [0.25, 0.3) is 0 Å². The topological polar surface area (TPSA) is 82.6 Å². The van der Waals surface area contributed by atoms with Crippen molar-refractivity contribution in [3.05, 3.63) is 29.8 Å². The summed E-state index contributed by atoms with van der Waals surface area (Å²) in [5, 5.41) is 10.3. The zero-order valence-corrected chi connectivity index (χ0v) is 16.2. The van der Waals surface area contributed by atoms with Crippen molar-refractivity contribution in [3.8, 4) is 0 Å². The third-order valence-electron chi connectivity index (χ3n) is 4.76. The predicted molar refractivity (Wildman–Crippen MR) is 99.4 cm³/mol. The summed E-state index contributed by atoms with van der Waals surface area (Å²) >= 11 is 0. The summed E-state index contributed by atoms with van der Waals surface area (Å²) in [4.78, 5) is 29.7. The monoisotopic (exact) mass is 377 g/mol. The third-order valence-corrected chi connectivity index (χ3v) is 4.76. The van der Waals surface area contributed by atoms with Crippen molar-refractivity contribution in [2.24, 2.45) is 0 Å². The van der Waals surface area contributed by atoms with E-state index in [0.29, 0.717) is 31.7 Å². The van der Waals surface area contributed by atoms with Crippen LogP contribution in [0.2, 0.25) is 0 Å². The largest absolute Gasteiger partial charge is 0.465 e. The summed E-state index contributed by atoms with van der Waals surface area (Å²) < 4.78 is 10.3. The van der Waals surface area contributed by atoms with Crippen LogP contribution in [0.4, 0.5) is 10.5 Å². The summed E-state index contributed by atoms with van der Waals surface area (Å²) in [6.07, 6.45) is -0.990. The lowest BCUT2D eigenvalue weighted by molar-refractivity contribution is -0.245. The van der Waals surface area contributed by atoms with Gasteiger partial charge in [-0.15, -0.1) is 0 Å². The molecule has 0 bridgehead atoms. The highest BCUT2D eigenvalue weighted by Gasteiger charge is 2.42. The highest BCUT2D eigenvalue weighted by molar-refractivity contribution is 5.96. The van der Waals surface area contributed by atoms with Crippen LogP contribution in [-0.2, 0) is 9.47 Å². The van der Waals surface area contributed by atoms with Crippen molar-refractivity contribution in [2.45, 2.75) is 38.8 Å². The number of benzene rings is 1. The number of aliphatic hydroxyl groups excluding tert-OH is 1. The molecule has 0 aromatic heterocycles. The third kappa shape index (κ3) is 4.23. The molecule has 1 aromatic rings. The molecule has 2 saturated heterocycles. The lowest BCUT2D eigenvalue weighted by atomic mass is 10.1. The number of esters is 1. The first-order valence-corrected chi connectivity index (χ1v) is 9.06. The van der Waals surface area contributed by atoms with Crippen molar-refractivity contribution >= 4 is 17.7 Å². The molecule has 2 fully saturated rings. The number of nitrogens with zero attached hydrogens (tertiary/aromatic N) is 3. The summed E-state index contributed by atoms with van der Waals surface area (Å²) in [6.45, 7) is 7.83. The highest BCUT2D eigenvalue weighted by atomic mass is 16.6. The summed E-state index contributed by atoms with van der Waals surface area (Å²) in [6, 6.07) is 6.72. The van der Waals surface area contributed by atoms with Gasteiger partial charge in [0.1, 0.15) is 0 Å². The van der Waals surface area contributed by atoms with Gasteiger partial charge in [-0.1, -0.05) is 0 Å². The highest BCUT2D eigenvalue weighted by Crippen LogP contribution is 2.27.